The van der Waals surface area contributed by atoms with Crippen LogP contribution in [0.1, 0.15) is 41.1 Å². The van der Waals surface area contributed by atoms with E-state index in [9.17, 15) is 4.79 Å². The molecule has 2 aromatic carbocycles. The van der Waals surface area contributed by atoms with Crippen molar-refractivity contribution in [3.63, 3.8) is 0 Å². The third kappa shape index (κ3) is 3.13. The number of methoxy groups -OCH3 is 1. The molecule has 0 saturated carbocycles. The molecule has 0 fully saturated rings. The van der Waals surface area contributed by atoms with Crippen LogP contribution in [0.3, 0.4) is 0 Å². The number of carbonyl (C=O) groups excluding carboxylic acids is 1. The number of rotatable bonds is 4. The zero-order chi connectivity index (χ0) is 19.9. The summed E-state index contributed by atoms with van der Waals surface area (Å²) in [5.41, 5.74) is 2.97. The minimum absolute atomic E-state index is 0.255. The van der Waals surface area contributed by atoms with E-state index in [1.54, 1.807) is 7.11 Å². The van der Waals surface area contributed by atoms with Crippen molar-refractivity contribution < 1.29 is 18.7 Å². The first-order chi connectivity index (χ1) is 13.4. The van der Waals surface area contributed by atoms with Crippen LogP contribution in [0.2, 0.25) is 0 Å². The Kier molecular flexibility index (Phi) is 4.38. The summed E-state index contributed by atoms with van der Waals surface area (Å²) in [6.45, 7) is 6.28. The number of para-hydroxylation sites is 1. The Labute approximate surface area is 163 Å². The van der Waals surface area contributed by atoms with Crippen LogP contribution < -0.4 is 14.8 Å². The van der Waals surface area contributed by atoms with Gasteiger partial charge in [-0.2, -0.15) is 0 Å². The number of fused-ring (bicyclic) bond motifs is 3. The minimum Gasteiger partial charge on any atom is -0.496 e. The van der Waals surface area contributed by atoms with Gasteiger partial charge in [0.15, 0.2) is 5.76 Å². The molecule has 0 radical (unpaired) electrons. The Morgan fingerprint density at radius 2 is 1.96 bits per heavy atom. The molecule has 0 saturated heterocycles. The molecule has 4 rings (SSSR count). The Hall–Kier alpha value is -3.21. The van der Waals surface area contributed by atoms with Crippen LogP contribution in [0.4, 0.5) is 0 Å². The van der Waals surface area contributed by atoms with Crippen molar-refractivity contribution in [2.45, 2.75) is 32.9 Å². The maximum absolute atomic E-state index is 12.8. The maximum atomic E-state index is 12.8. The van der Waals surface area contributed by atoms with Gasteiger partial charge in [-0.1, -0.05) is 24.3 Å². The number of aryl methyl sites for hydroxylation is 1. The molecular weight excluding hydrogens is 354 g/mol. The van der Waals surface area contributed by atoms with Gasteiger partial charge in [-0.3, -0.25) is 4.79 Å². The van der Waals surface area contributed by atoms with E-state index in [2.05, 4.69) is 5.32 Å². The van der Waals surface area contributed by atoms with Crippen LogP contribution in [-0.2, 0) is 6.54 Å². The van der Waals surface area contributed by atoms with Gasteiger partial charge in [0, 0.05) is 28.6 Å². The summed E-state index contributed by atoms with van der Waals surface area (Å²) in [6, 6.07) is 11.3. The molecule has 1 aromatic heterocycles. The molecule has 1 aliphatic heterocycles. The lowest BCUT2D eigenvalue weighted by Crippen LogP contribution is -2.27. The van der Waals surface area contributed by atoms with Gasteiger partial charge in [0.1, 0.15) is 22.7 Å². The predicted octanol–water partition coefficient (Wildman–Crippen LogP) is 4.86. The lowest BCUT2D eigenvalue weighted by Gasteiger charge is -2.28. The summed E-state index contributed by atoms with van der Waals surface area (Å²) in [5, 5.41) is 3.83. The smallest absolute Gasteiger partial charge is 0.287 e. The normalized spacial score (nSPS) is 14.4. The Morgan fingerprint density at radius 3 is 2.75 bits per heavy atom. The number of hydrogen-bond donors (Lipinski definition) is 1. The summed E-state index contributed by atoms with van der Waals surface area (Å²) in [6.07, 6.45) is 4.06. The molecule has 1 aliphatic rings. The third-order valence-electron chi connectivity index (χ3n) is 4.96. The number of furan rings is 1. The van der Waals surface area contributed by atoms with E-state index in [1.807, 2.05) is 69.3 Å². The van der Waals surface area contributed by atoms with Gasteiger partial charge in [0.25, 0.3) is 5.91 Å². The molecule has 0 bridgehead atoms. The van der Waals surface area contributed by atoms with Crippen molar-refractivity contribution in [1.82, 2.24) is 5.32 Å². The average Bonchev–Trinajstić information content (AvgIpc) is 3.02. The van der Waals surface area contributed by atoms with Gasteiger partial charge in [0.05, 0.1) is 7.11 Å². The molecular formula is C23H23NO4. The van der Waals surface area contributed by atoms with Gasteiger partial charge in [-0.05, 0) is 45.0 Å². The number of carbonyl (C=O) groups is 1. The van der Waals surface area contributed by atoms with E-state index >= 15 is 0 Å². The van der Waals surface area contributed by atoms with Gasteiger partial charge >= 0.3 is 0 Å². The van der Waals surface area contributed by atoms with E-state index < -0.39 is 0 Å². The summed E-state index contributed by atoms with van der Waals surface area (Å²) < 4.78 is 17.3. The lowest BCUT2D eigenvalue weighted by atomic mass is 9.98. The van der Waals surface area contributed by atoms with Crippen molar-refractivity contribution in [1.29, 1.82) is 0 Å². The molecule has 28 heavy (non-hydrogen) atoms. The molecule has 5 heteroatoms. The summed E-state index contributed by atoms with van der Waals surface area (Å²) in [5.74, 6) is 1.60. The van der Waals surface area contributed by atoms with E-state index in [-0.39, 0.29) is 11.5 Å². The Morgan fingerprint density at radius 1 is 1.18 bits per heavy atom. The lowest BCUT2D eigenvalue weighted by molar-refractivity contribution is 0.0924. The quantitative estimate of drug-likeness (QED) is 0.705. The SMILES string of the molecule is COc1ccccc1CNC(=O)c1oc2ccc3c(c2c1C)C=CC(C)(C)O3. The van der Waals surface area contributed by atoms with Crippen molar-refractivity contribution in [3.05, 3.63) is 64.9 Å². The zero-order valence-electron chi connectivity index (χ0n) is 16.5. The van der Waals surface area contributed by atoms with E-state index in [4.69, 9.17) is 13.9 Å². The molecule has 5 nitrogen and oxygen atoms in total. The van der Waals surface area contributed by atoms with Crippen molar-refractivity contribution >= 4 is 23.0 Å². The van der Waals surface area contributed by atoms with Crippen LogP contribution in [0, 0.1) is 6.92 Å². The summed E-state index contributed by atoms with van der Waals surface area (Å²) >= 11 is 0. The highest BCUT2D eigenvalue weighted by Gasteiger charge is 2.26. The van der Waals surface area contributed by atoms with Crippen LogP contribution in [0.25, 0.3) is 17.0 Å². The fourth-order valence-corrected chi connectivity index (χ4v) is 3.53. The van der Waals surface area contributed by atoms with E-state index in [0.29, 0.717) is 17.9 Å². The Bertz CT molecular complexity index is 1090. The highest BCUT2D eigenvalue weighted by molar-refractivity contribution is 6.02. The van der Waals surface area contributed by atoms with Crippen LogP contribution in [0.5, 0.6) is 11.5 Å². The first-order valence-corrected chi connectivity index (χ1v) is 9.24. The van der Waals surface area contributed by atoms with Crippen molar-refractivity contribution in [2.24, 2.45) is 0 Å². The monoisotopic (exact) mass is 377 g/mol. The van der Waals surface area contributed by atoms with Gasteiger partial charge < -0.3 is 19.2 Å². The van der Waals surface area contributed by atoms with E-state index in [0.717, 1.165) is 33.6 Å². The molecule has 0 unspecified atom stereocenters. The number of hydrogen-bond acceptors (Lipinski definition) is 4. The molecule has 0 spiro atoms. The van der Waals surface area contributed by atoms with Crippen LogP contribution in [0.15, 0.2) is 46.9 Å². The summed E-state index contributed by atoms with van der Waals surface area (Å²) in [4.78, 5) is 12.8. The van der Waals surface area contributed by atoms with Crippen molar-refractivity contribution in [2.75, 3.05) is 7.11 Å². The highest BCUT2D eigenvalue weighted by Crippen LogP contribution is 2.39. The zero-order valence-corrected chi connectivity index (χ0v) is 16.5. The van der Waals surface area contributed by atoms with Gasteiger partial charge in [-0.15, -0.1) is 0 Å². The van der Waals surface area contributed by atoms with Gasteiger partial charge in [0.2, 0.25) is 0 Å². The number of nitrogens with one attached hydrogen (secondary N) is 1. The molecule has 2 heterocycles. The third-order valence-corrected chi connectivity index (χ3v) is 4.96. The first-order valence-electron chi connectivity index (χ1n) is 9.24. The summed E-state index contributed by atoms with van der Waals surface area (Å²) in [7, 11) is 1.62. The second-order valence-corrected chi connectivity index (χ2v) is 7.44. The second kappa shape index (κ2) is 6.75. The van der Waals surface area contributed by atoms with Crippen LogP contribution in [-0.4, -0.2) is 18.6 Å². The van der Waals surface area contributed by atoms with Crippen LogP contribution >= 0.6 is 0 Å². The number of amides is 1. The van der Waals surface area contributed by atoms with Gasteiger partial charge in [-0.25, -0.2) is 0 Å². The standard InChI is InChI=1S/C23H23NO4/c1-14-20-16-11-12-23(2,3)28-18(16)9-10-19(20)27-21(14)22(25)24-13-15-7-5-6-8-17(15)26-4/h5-12H,13H2,1-4H3,(H,24,25). The molecule has 1 N–H and O–H groups in total. The van der Waals surface area contributed by atoms with Crippen molar-refractivity contribution in [3.8, 4) is 11.5 Å². The molecule has 0 atom stereocenters. The molecule has 0 aliphatic carbocycles. The van der Waals surface area contributed by atoms with E-state index in [1.165, 1.54) is 0 Å². The minimum atomic E-state index is -0.354. The Balaban J connectivity index is 1.64. The maximum Gasteiger partial charge on any atom is 0.287 e. The number of benzene rings is 2. The second-order valence-electron chi connectivity index (χ2n) is 7.44. The first kappa shape index (κ1) is 18.2. The predicted molar refractivity (Wildman–Crippen MR) is 109 cm³/mol. The molecule has 144 valence electrons. The largest absolute Gasteiger partial charge is 0.496 e. The highest BCUT2D eigenvalue weighted by atomic mass is 16.5. The average molecular weight is 377 g/mol. The molecule has 3 aromatic rings. The topological polar surface area (TPSA) is 60.7 Å². The fraction of sp³-hybridized carbons (Fsp3) is 0.261. The number of ether oxygens (including phenoxy) is 2. The molecule has 1 amide bonds. The fourth-order valence-electron chi connectivity index (χ4n) is 3.53.